The smallest absolute Gasteiger partial charge is 0.0676 e. The van der Waals surface area contributed by atoms with Gasteiger partial charge in [-0.3, -0.25) is 0 Å². The summed E-state index contributed by atoms with van der Waals surface area (Å²) in [4.78, 5) is 0. The first kappa shape index (κ1) is 20.9. The number of hydrogen-bond acceptors (Lipinski definition) is 0. The lowest BCUT2D eigenvalue weighted by molar-refractivity contribution is 0.738. The topological polar surface area (TPSA) is 0 Å². The van der Waals surface area contributed by atoms with Crippen LogP contribution in [0.15, 0.2) is 95.6 Å². The SMILES string of the molecule is C.CC(C)=C/C(C)=C(\C)C1(c2ccc(C)cc2)c2ccccc2-c2ccccc21. The summed E-state index contributed by atoms with van der Waals surface area (Å²) in [6.45, 7) is 11.1. The highest BCUT2D eigenvalue weighted by molar-refractivity contribution is 5.86. The second-order valence-corrected chi connectivity index (χ2v) is 8.24. The lowest BCUT2D eigenvalue weighted by Gasteiger charge is -2.35. The van der Waals surface area contributed by atoms with Gasteiger partial charge in [-0.25, -0.2) is 0 Å². The number of allylic oxidation sites excluding steroid dienone is 4. The van der Waals surface area contributed by atoms with E-state index < -0.39 is 0 Å². The third-order valence-corrected chi connectivity index (χ3v) is 6.10. The Hall–Kier alpha value is -2.86. The Bertz CT molecular complexity index is 1040. The van der Waals surface area contributed by atoms with E-state index in [0.29, 0.717) is 0 Å². The molecular formula is C29H32. The molecule has 0 saturated heterocycles. The molecule has 29 heavy (non-hydrogen) atoms. The van der Waals surface area contributed by atoms with E-state index in [4.69, 9.17) is 0 Å². The number of hydrogen-bond donors (Lipinski definition) is 0. The number of aryl methyl sites for hydroxylation is 1. The largest absolute Gasteiger partial charge is 0.0776 e. The van der Waals surface area contributed by atoms with Crippen molar-refractivity contribution >= 4 is 0 Å². The van der Waals surface area contributed by atoms with Crippen LogP contribution in [-0.4, -0.2) is 0 Å². The molecule has 0 fully saturated rings. The number of benzene rings is 3. The van der Waals surface area contributed by atoms with E-state index in [-0.39, 0.29) is 12.8 Å². The zero-order valence-corrected chi connectivity index (χ0v) is 17.5. The Morgan fingerprint density at radius 2 is 1.17 bits per heavy atom. The van der Waals surface area contributed by atoms with Crippen LogP contribution in [0.5, 0.6) is 0 Å². The van der Waals surface area contributed by atoms with Gasteiger partial charge in [0.1, 0.15) is 0 Å². The molecular weight excluding hydrogens is 348 g/mol. The van der Waals surface area contributed by atoms with Crippen LogP contribution in [0, 0.1) is 6.92 Å². The maximum atomic E-state index is 2.31. The van der Waals surface area contributed by atoms with Gasteiger partial charge in [-0.05, 0) is 62.4 Å². The normalized spacial score (nSPS) is 14.2. The molecule has 0 aromatic heterocycles. The van der Waals surface area contributed by atoms with Crippen molar-refractivity contribution in [3.8, 4) is 11.1 Å². The predicted octanol–water partition coefficient (Wildman–Crippen LogP) is 8.25. The molecule has 0 heteroatoms. The van der Waals surface area contributed by atoms with Crippen LogP contribution in [0.1, 0.15) is 57.4 Å². The Kier molecular flexibility index (Phi) is 5.66. The Balaban J connectivity index is 0.00000240. The van der Waals surface area contributed by atoms with Crippen LogP contribution < -0.4 is 0 Å². The molecule has 0 amide bonds. The summed E-state index contributed by atoms with van der Waals surface area (Å²) in [5.74, 6) is 0. The molecule has 0 heterocycles. The first-order chi connectivity index (χ1) is 13.5. The fraction of sp³-hybridized carbons (Fsp3) is 0.241. The Labute approximate surface area is 176 Å². The highest BCUT2D eigenvalue weighted by Crippen LogP contribution is 2.56. The molecule has 0 spiro atoms. The van der Waals surface area contributed by atoms with Crippen LogP contribution in [0.25, 0.3) is 11.1 Å². The minimum atomic E-state index is -0.253. The monoisotopic (exact) mass is 380 g/mol. The van der Waals surface area contributed by atoms with Crippen molar-refractivity contribution < 1.29 is 0 Å². The van der Waals surface area contributed by atoms with Crippen molar-refractivity contribution in [3.05, 3.63) is 118 Å². The second kappa shape index (κ2) is 7.87. The van der Waals surface area contributed by atoms with E-state index in [2.05, 4.69) is 113 Å². The van der Waals surface area contributed by atoms with Crippen molar-refractivity contribution in [2.45, 2.75) is 47.5 Å². The molecule has 148 valence electrons. The van der Waals surface area contributed by atoms with Crippen molar-refractivity contribution in [2.24, 2.45) is 0 Å². The summed E-state index contributed by atoms with van der Waals surface area (Å²) >= 11 is 0. The van der Waals surface area contributed by atoms with Crippen LogP contribution in [0.4, 0.5) is 0 Å². The van der Waals surface area contributed by atoms with Crippen molar-refractivity contribution in [1.29, 1.82) is 0 Å². The highest BCUT2D eigenvalue weighted by Gasteiger charge is 2.46. The molecule has 0 nitrogen and oxygen atoms in total. The maximum Gasteiger partial charge on any atom is 0.0676 e. The molecule has 0 radical (unpaired) electrons. The van der Waals surface area contributed by atoms with Gasteiger partial charge in [0.15, 0.2) is 0 Å². The quantitative estimate of drug-likeness (QED) is 0.401. The summed E-state index contributed by atoms with van der Waals surface area (Å²) < 4.78 is 0. The summed E-state index contributed by atoms with van der Waals surface area (Å²) in [6, 6.07) is 26.9. The molecule has 1 aliphatic carbocycles. The second-order valence-electron chi connectivity index (χ2n) is 8.24. The average Bonchev–Trinajstić information content (AvgIpc) is 2.99. The Morgan fingerprint density at radius 1 is 0.690 bits per heavy atom. The molecule has 0 bridgehead atoms. The lowest BCUT2D eigenvalue weighted by atomic mass is 9.66. The third-order valence-electron chi connectivity index (χ3n) is 6.10. The fourth-order valence-electron chi connectivity index (χ4n) is 4.81. The number of rotatable bonds is 3. The molecule has 1 aliphatic rings. The van der Waals surface area contributed by atoms with Gasteiger partial charge in [-0.15, -0.1) is 0 Å². The minimum Gasteiger partial charge on any atom is -0.0776 e. The van der Waals surface area contributed by atoms with Gasteiger partial charge in [0.2, 0.25) is 0 Å². The van der Waals surface area contributed by atoms with Gasteiger partial charge in [-0.2, -0.15) is 0 Å². The Morgan fingerprint density at radius 3 is 1.66 bits per heavy atom. The molecule has 0 unspecified atom stereocenters. The summed E-state index contributed by atoms with van der Waals surface area (Å²) in [6.07, 6.45) is 2.31. The molecule has 3 aromatic rings. The van der Waals surface area contributed by atoms with Gasteiger partial charge < -0.3 is 0 Å². The number of fused-ring (bicyclic) bond motifs is 3. The van der Waals surface area contributed by atoms with E-state index >= 15 is 0 Å². The first-order valence-electron chi connectivity index (χ1n) is 10.1. The van der Waals surface area contributed by atoms with E-state index in [9.17, 15) is 0 Å². The maximum absolute atomic E-state index is 2.31. The molecule has 0 atom stereocenters. The summed E-state index contributed by atoms with van der Waals surface area (Å²) in [5.41, 5.74) is 11.9. The average molecular weight is 381 g/mol. The standard InChI is InChI=1S/C28H28.CH4/c1-19(2)18-21(4)22(5)28(23-16-14-20(3)15-17-23)26-12-8-6-10-24(26)25-11-7-9-13-27(25)28;/h6-18H,1-5H3;1H4/b22-21+;. The van der Waals surface area contributed by atoms with E-state index in [0.717, 1.165) is 0 Å². The summed E-state index contributed by atoms with van der Waals surface area (Å²) in [7, 11) is 0. The van der Waals surface area contributed by atoms with Crippen LogP contribution >= 0.6 is 0 Å². The minimum absolute atomic E-state index is 0. The van der Waals surface area contributed by atoms with Crippen LogP contribution in [0.2, 0.25) is 0 Å². The zero-order valence-electron chi connectivity index (χ0n) is 17.5. The first-order valence-corrected chi connectivity index (χ1v) is 10.1. The molecule has 0 aliphatic heterocycles. The zero-order chi connectivity index (χ0) is 19.9. The molecule has 4 rings (SSSR count). The van der Waals surface area contributed by atoms with Gasteiger partial charge in [0.25, 0.3) is 0 Å². The van der Waals surface area contributed by atoms with Crippen molar-refractivity contribution in [3.63, 3.8) is 0 Å². The molecule has 3 aromatic carbocycles. The van der Waals surface area contributed by atoms with E-state index in [1.54, 1.807) is 0 Å². The van der Waals surface area contributed by atoms with Crippen LogP contribution in [-0.2, 0) is 5.41 Å². The van der Waals surface area contributed by atoms with Gasteiger partial charge in [0, 0.05) is 0 Å². The van der Waals surface area contributed by atoms with Crippen LogP contribution in [0.3, 0.4) is 0 Å². The van der Waals surface area contributed by atoms with E-state index in [1.165, 1.54) is 50.1 Å². The molecule has 0 N–H and O–H groups in total. The van der Waals surface area contributed by atoms with Gasteiger partial charge in [0.05, 0.1) is 5.41 Å². The predicted molar refractivity (Wildman–Crippen MR) is 127 cm³/mol. The molecule has 0 saturated carbocycles. The summed E-state index contributed by atoms with van der Waals surface area (Å²) in [5, 5.41) is 0. The van der Waals surface area contributed by atoms with Crippen molar-refractivity contribution in [1.82, 2.24) is 0 Å². The fourth-order valence-corrected chi connectivity index (χ4v) is 4.81. The highest BCUT2D eigenvalue weighted by atomic mass is 14.5. The van der Waals surface area contributed by atoms with Gasteiger partial charge >= 0.3 is 0 Å². The van der Waals surface area contributed by atoms with E-state index in [1.807, 2.05) is 0 Å². The van der Waals surface area contributed by atoms with Gasteiger partial charge in [-0.1, -0.05) is 109 Å². The lowest BCUT2D eigenvalue weighted by Crippen LogP contribution is -2.29. The third kappa shape index (κ3) is 3.17. The van der Waals surface area contributed by atoms with Crippen molar-refractivity contribution in [2.75, 3.05) is 0 Å².